The van der Waals surface area contributed by atoms with E-state index in [1.165, 1.54) is 18.1 Å². The lowest BCUT2D eigenvalue weighted by molar-refractivity contribution is -0.272. The summed E-state index contributed by atoms with van der Waals surface area (Å²) in [5.41, 5.74) is -3.30. The molecule has 2 atom stereocenters. The Balaban J connectivity index is 2.26. The number of carbonyl (C=O) groups excluding carboxylic acids is 1. The average molecular weight is 334 g/mol. The molecule has 9 heteroatoms. The van der Waals surface area contributed by atoms with Crippen molar-refractivity contribution in [3.63, 3.8) is 0 Å². The van der Waals surface area contributed by atoms with Gasteiger partial charge in [-0.1, -0.05) is 0 Å². The zero-order valence-corrected chi connectivity index (χ0v) is 13.3. The first kappa shape index (κ1) is 17.7. The van der Waals surface area contributed by atoms with Crippen molar-refractivity contribution >= 4 is 5.91 Å². The Morgan fingerprint density at radius 3 is 2.52 bits per heavy atom. The first-order valence-electron chi connectivity index (χ1n) is 7.31. The van der Waals surface area contributed by atoms with Gasteiger partial charge in [0.2, 0.25) is 11.5 Å². The van der Waals surface area contributed by atoms with Crippen LogP contribution in [0.15, 0.2) is 12.4 Å². The van der Waals surface area contributed by atoms with Crippen LogP contribution in [0.3, 0.4) is 0 Å². The van der Waals surface area contributed by atoms with Gasteiger partial charge in [0.15, 0.2) is 5.82 Å². The number of nitrogens with zero attached hydrogens (tertiary/aromatic N) is 4. The summed E-state index contributed by atoms with van der Waals surface area (Å²) < 4.78 is 41.4. The Hall–Kier alpha value is -1.61. The number of aromatic nitrogens is 2. The molecular formula is C14H21F3N4O2. The minimum Gasteiger partial charge on any atom is -0.374 e. The number of aryl methyl sites for hydroxylation is 1. The SMILES string of the molecule is C[C@@H]1CN(C)CCN1C(=O)C[C@](O)(c1nccn1C)C(F)(F)F. The maximum absolute atomic E-state index is 13.5. The molecule has 0 aromatic carbocycles. The van der Waals surface area contributed by atoms with Crippen LogP contribution in [0.4, 0.5) is 13.2 Å². The number of likely N-dealkylation sites (N-methyl/N-ethyl adjacent to an activating group) is 1. The molecule has 2 heterocycles. The molecule has 1 aliphatic rings. The number of aliphatic hydroxyl groups is 1. The van der Waals surface area contributed by atoms with Gasteiger partial charge >= 0.3 is 6.18 Å². The number of hydrogen-bond acceptors (Lipinski definition) is 4. The molecule has 23 heavy (non-hydrogen) atoms. The second-order valence-electron chi connectivity index (χ2n) is 6.09. The molecule has 1 aromatic heterocycles. The predicted molar refractivity (Wildman–Crippen MR) is 76.4 cm³/mol. The van der Waals surface area contributed by atoms with Crippen LogP contribution in [0, 0.1) is 0 Å². The number of amides is 1. The van der Waals surface area contributed by atoms with Crippen molar-refractivity contribution in [2.24, 2.45) is 7.05 Å². The summed E-state index contributed by atoms with van der Waals surface area (Å²) in [5, 5.41) is 10.3. The second kappa shape index (κ2) is 6.12. The van der Waals surface area contributed by atoms with E-state index in [4.69, 9.17) is 0 Å². The van der Waals surface area contributed by atoms with Crippen LogP contribution in [0.1, 0.15) is 19.2 Å². The summed E-state index contributed by atoms with van der Waals surface area (Å²) in [4.78, 5) is 19.4. The van der Waals surface area contributed by atoms with E-state index in [1.807, 2.05) is 11.9 Å². The Bertz CT molecular complexity index is 575. The van der Waals surface area contributed by atoms with E-state index in [0.717, 1.165) is 10.8 Å². The Kier molecular flexibility index (Phi) is 4.72. The van der Waals surface area contributed by atoms with Crippen LogP contribution in [0.5, 0.6) is 0 Å². The van der Waals surface area contributed by atoms with Crippen molar-refractivity contribution in [2.45, 2.75) is 31.2 Å². The summed E-state index contributed by atoms with van der Waals surface area (Å²) in [5.74, 6) is -1.31. The van der Waals surface area contributed by atoms with E-state index in [-0.39, 0.29) is 6.04 Å². The van der Waals surface area contributed by atoms with Crippen molar-refractivity contribution in [1.82, 2.24) is 19.4 Å². The highest BCUT2D eigenvalue weighted by Crippen LogP contribution is 2.41. The summed E-state index contributed by atoms with van der Waals surface area (Å²) in [6.45, 7) is 3.29. The molecule has 1 fully saturated rings. The minimum absolute atomic E-state index is 0.208. The standard InChI is InChI=1S/C14H21F3N4O2/c1-10-9-19(2)6-7-21(10)11(22)8-13(23,14(15,16)17)12-18-4-5-20(12)3/h4-5,10,23H,6-9H2,1-3H3/t10-,13+/m1/s1. The number of rotatable bonds is 3. The molecule has 0 aliphatic carbocycles. The molecule has 0 bridgehead atoms. The zero-order chi connectivity index (χ0) is 17.4. The topological polar surface area (TPSA) is 61.6 Å². The van der Waals surface area contributed by atoms with Crippen LogP contribution in [-0.4, -0.2) is 69.3 Å². The number of halogens is 3. The first-order valence-corrected chi connectivity index (χ1v) is 7.31. The van der Waals surface area contributed by atoms with E-state index < -0.39 is 29.9 Å². The predicted octanol–water partition coefficient (Wildman–Crippen LogP) is 0.723. The zero-order valence-electron chi connectivity index (χ0n) is 13.3. The van der Waals surface area contributed by atoms with Crippen molar-refractivity contribution in [2.75, 3.05) is 26.7 Å². The molecule has 1 aliphatic heterocycles. The van der Waals surface area contributed by atoms with Crippen molar-refractivity contribution in [3.05, 3.63) is 18.2 Å². The fraction of sp³-hybridized carbons (Fsp3) is 0.714. The van der Waals surface area contributed by atoms with E-state index >= 15 is 0 Å². The minimum atomic E-state index is -5.00. The van der Waals surface area contributed by atoms with E-state index in [9.17, 15) is 23.1 Å². The van der Waals surface area contributed by atoms with Gasteiger partial charge in [-0.2, -0.15) is 13.2 Å². The van der Waals surface area contributed by atoms with Crippen molar-refractivity contribution < 1.29 is 23.1 Å². The lowest BCUT2D eigenvalue weighted by atomic mass is 9.96. The third-order valence-corrected chi connectivity index (χ3v) is 4.22. The highest BCUT2D eigenvalue weighted by molar-refractivity contribution is 5.78. The fourth-order valence-electron chi connectivity index (χ4n) is 2.90. The third kappa shape index (κ3) is 3.35. The van der Waals surface area contributed by atoms with E-state index in [1.54, 1.807) is 6.92 Å². The summed E-state index contributed by atoms with van der Waals surface area (Å²) in [6, 6.07) is -0.208. The van der Waals surface area contributed by atoms with Gasteiger partial charge in [0.1, 0.15) is 0 Å². The first-order chi connectivity index (χ1) is 10.6. The van der Waals surface area contributed by atoms with Gasteiger partial charge in [-0.25, -0.2) is 4.98 Å². The molecule has 130 valence electrons. The maximum atomic E-state index is 13.5. The molecule has 1 saturated heterocycles. The van der Waals surface area contributed by atoms with Gasteiger partial charge in [0.05, 0.1) is 6.42 Å². The Morgan fingerprint density at radius 2 is 2.04 bits per heavy atom. The van der Waals surface area contributed by atoms with Crippen molar-refractivity contribution in [1.29, 1.82) is 0 Å². The summed E-state index contributed by atoms with van der Waals surface area (Å²) in [6.07, 6.45) is -3.61. The van der Waals surface area contributed by atoms with Crippen LogP contribution < -0.4 is 0 Å². The normalized spacial score (nSPS) is 22.9. The lowest BCUT2D eigenvalue weighted by Crippen LogP contribution is -2.55. The quantitative estimate of drug-likeness (QED) is 0.885. The molecule has 1 amide bonds. The molecule has 0 unspecified atom stereocenters. The molecule has 0 radical (unpaired) electrons. The third-order valence-electron chi connectivity index (χ3n) is 4.22. The molecular weight excluding hydrogens is 313 g/mol. The van der Waals surface area contributed by atoms with Gasteiger partial charge in [-0.3, -0.25) is 4.79 Å². The lowest BCUT2D eigenvalue weighted by Gasteiger charge is -2.40. The average Bonchev–Trinajstić information content (AvgIpc) is 2.83. The van der Waals surface area contributed by atoms with Gasteiger partial charge in [0, 0.05) is 45.1 Å². The number of alkyl halides is 3. The maximum Gasteiger partial charge on any atom is 0.425 e. The monoisotopic (exact) mass is 334 g/mol. The van der Waals surface area contributed by atoms with Gasteiger partial charge < -0.3 is 19.5 Å². The van der Waals surface area contributed by atoms with Crippen LogP contribution in [0.25, 0.3) is 0 Å². The number of hydrogen-bond donors (Lipinski definition) is 1. The van der Waals surface area contributed by atoms with Crippen LogP contribution in [0.2, 0.25) is 0 Å². The molecule has 2 rings (SSSR count). The molecule has 0 spiro atoms. The smallest absolute Gasteiger partial charge is 0.374 e. The number of carbonyl (C=O) groups is 1. The highest BCUT2D eigenvalue weighted by Gasteiger charge is 2.59. The number of piperazine rings is 1. The van der Waals surface area contributed by atoms with Crippen LogP contribution >= 0.6 is 0 Å². The van der Waals surface area contributed by atoms with Crippen LogP contribution in [-0.2, 0) is 17.4 Å². The second-order valence-corrected chi connectivity index (χ2v) is 6.09. The van der Waals surface area contributed by atoms with Gasteiger partial charge in [-0.05, 0) is 14.0 Å². The van der Waals surface area contributed by atoms with E-state index in [2.05, 4.69) is 4.98 Å². The summed E-state index contributed by atoms with van der Waals surface area (Å²) >= 11 is 0. The van der Waals surface area contributed by atoms with E-state index in [0.29, 0.717) is 19.6 Å². The fourth-order valence-corrected chi connectivity index (χ4v) is 2.90. The van der Waals surface area contributed by atoms with Crippen molar-refractivity contribution in [3.8, 4) is 0 Å². The van der Waals surface area contributed by atoms with Gasteiger partial charge in [0.25, 0.3) is 0 Å². The summed E-state index contributed by atoms with van der Waals surface area (Å²) in [7, 11) is 3.24. The molecule has 0 saturated carbocycles. The number of imidazole rings is 1. The Labute approximate surface area is 132 Å². The molecule has 1 N–H and O–H groups in total. The molecule has 6 nitrogen and oxygen atoms in total. The highest BCUT2D eigenvalue weighted by atomic mass is 19.4. The largest absolute Gasteiger partial charge is 0.425 e. The van der Waals surface area contributed by atoms with Gasteiger partial charge in [-0.15, -0.1) is 0 Å². The Morgan fingerprint density at radius 1 is 1.39 bits per heavy atom. The molecule has 1 aromatic rings.